The van der Waals surface area contributed by atoms with Crippen LogP contribution in [-0.2, 0) is 27.1 Å². The van der Waals surface area contributed by atoms with Crippen LogP contribution in [0.2, 0.25) is 0 Å². The highest BCUT2D eigenvalue weighted by atomic mass is 16.5. The van der Waals surface area contributed by atoms with Crippen molar-refractivity contribution < 1.29 is 38.0 Å². The maximum atomic E-state index is 14.5. The van der Waals surface area contributed by atoms with Gasteiger partial charge in [0.05, 0.1) is 32.3 Å². The van der Waals surface area contributed by atoms with Crippen LogP contribution in [0.4, 0.5) is 0 Å². The molecule has 0 N–H and O–H groups in total. The molecule has 0 radical (unpaired) electrons. The molecule has 1 amide bonds. The number of amides is 1. The van der Waals surface area contributed by atoms with Crippen molar-refractivity contribution in [3.8, 4) is 23.0 Å². The summed E-state index contributed by atoms with van der Waals surface area (Å²) in [7, 11) is 4.74. The standard InChI is InChI=1S/C37H52N2O8/c1-7-20-45-32-27-34(46-21-8-2)36(30(29(32)9-3)26-35(40)39(18-22-42-4)19-23-43-5)37(41)28-13-14-31(33(25-28)44-6)47-24-17-38-15-11-10-12-16-38/h7-8,13-14,25,27H,1-2,9-12,15-24,26H2,3-6H3. The van der Waals surface area contributed by atoms with Crippen molar-refractivity contribution in [2.75, 3.05) is 87.1 Å². The van der Waals surface area contributed by atoms with Crippen molar-refractivity contribution >= 4 is 11.7 Å². The molecule has 10 heteroatoms. The van der Waals surface area contributed by atoms with E-state index in [4.69, 9.17) is 28.4 Å². The summed E-state index contributed by atoms with van der Waals surface area (Å²) in [5.74, 6) is 1.36. The molecule has 3 rings (SSSR count). The number of benzene rings is 2. The van der Waals surface area contributed by atoms with Crippen LogP contribution in [-0.4, -0.2) is 109 Å². The quantitative estimate of drug-likeness (QED) is 0.127. The normalized spacial score (nSPS) is 13.1. The van der Waals surface area contributed by atoms with Gasteiger partial charge in [-0.25, -0.2) is 0 Å². The molecular formula is C37H52N2O8. The van der Waals surface area contributed by atoms with Gasteiger partial charge in [0.2, 0.25) is 5.91 Å². The van der Waals surface area contributed by atoms with Crippen LogP contribution in [0.3, 0.4) is 0 Å². The van der Waals surface area contributed by atoms with Crippen molar-refractivity contribution in [3.63, 3.8) is 0 Å². The third-order valence-electron chi connectivity index (χ3n) is 8.12. The summed E-state index contributed by atoms with van der Waals surface area (Å²) < 4.78 is 34.4. The number of ketones is 1. The second-order valence-corrected chi connectivity index (χ2v) is 11.2. The molecule has 1 saturated heterocycles. The van der Waals surface area contributed by atoms with Crippen LogP contribution in [0.5, 0.6) is 23.0 Å². The molecule has 2 aromatic rings. The van der Waals surface area contributed by atoms with E-state index in [9.17, 15) is 9.59 Å². The highest BCUT2D eigenvalue weighted by Crippen LogP contribution is 2.38. The summed E-state index contributed by atoms with van der Waals surface area (Å²) in [6.07, 6.45) is 7.42. The molecule has 0 bridgehead atoms. The lowest BCUT2D eigenvalue weighted by Gasteiger charge is -2.26. The van der Waals surface area contributed by atoms with Gasteiger partial charge in [-0.2, -0.15) is 0 Å². The zero-order chi connectivity index (χ0) is 34.0. The van der Waals surface area contributed by atoms with Crippen LogP contribution in [0.25, 0.3) is 0 Å². The van der Waals surface area contributed by atoms with E-state index in [2.05, 4.69) is 18.1 Å². The Balaban J connectivity index is 2.06. The smallest absolute Gasteiger partial charge is 0.227 e. The summed E-state index contributed by atoms with van der Waals surface area (Å²) in [5.41, 5.74) is 1.96. The van der Waals surface area contributed by atoms with Gasteiger partial charge in [0.1, 0.15) is 31.3 Å². The topological polar surface area (TPSA) is 96.0 Å². The predicted molar refractivity (Wildman–Crippen MR) is 183 cm³/mol. The first-order chi connectivity index (χ1) is 22.9. The van der Waals surface area contributed by atoms with Gasteiger partial charge in [-0.05, 0) is 61.7 Å². The highest BCUT2D eigenvalue weighted by Gasteiger charge is 2.28. The number of nitrogens with zero attached hydrogens (tertiary/aromatic N) is 2. The number of ether oxygens (including phenoxy) is 6. The second-order valence-electron chi connectivity index (χ2n) is 11.2. The Morgan fingerprint density at radius 3 is 2.06 bits per heavy atom. The molecule has 0 saturated carbocycles. The Bertz CT molecular complexity index is 1310. The van der Waals surface area contributed by atoms with Crippen LogP contribution in [0, 0.1) is 0 Å². The summed E-state index contributed by atoms with van der Waals surface area (Å²) in [6.45, 7) is 14.9. The van der Waals surface area contributed by atoms with E-state index < -0.39 is 0 Å². The number of carbonyl (C=O) groups is 2. The number of carbonyl (C=O) groups excluding carboxylic acids is 2. The number of hydrogen-bond donors (Lipinski definition) is 0. The summed E-state index contributed by atoms with van der Waals surface area (Å²) in [6, 6.07) is 6.88. The lowest BCUT2D eigenvalue weighted by Crippen LogP contribution is -2.38. The zero-order valence-corrected chi connectivity index (χ0v) is 28.6. The van der Waals surface area contributed by atoms with Gasteiger partial charge < -0.3 is 33.3 Å². The largest absolute Gasteiger partial charge is 0.493 e. The molecule has 2 aromatic carbocycles. The molecule has 1 heterocycles. The minimum Gasteiger partial charge on any atom is -0.493 e. The average molecular weight is 653 g/mol. The van der Waals surface area contributed by atoms with Crippen molar-refractivity contribution in [1.29, 1.82) is 0 Å². The molecule has 0 spiro atoms. The number of methoxy groups -OCH3 is 3. The number of likely N-dealkylation sites (tertiary alicyclic amines) is 1. The monoisotopic (exact) mass is 652 g/mol. The lowest BCUT2D eigenvalue weighted by atomic mass is 9.89. The van der Waals surface area contributed by atoms with E-state index in [1.807, 2.05) is 6.92 Å². The fourth-order valence-electron chi connectivity index (χ4n) is 5.67. The molecule has 258 valence electrons. The van der Waals surface area contributed by atoms with Gasteiger partial charge in [0, 0.05) is 45.5 Å². The molecule has 47 heavy (non-hydrogen) atoms. The van der Waals surface area contributed by atoms with E-state index >= 15 is 0 Å². The number of piperidine rings is 1. The number of rotatable bonds is 22. The van der Waals surface area contributed by atoms with Crippen molar-refractivity contribution in [2.45, 2.75) is 39.0 Å². The minimum absolute atomic E-state index is 0.0533. The summed E-state index contributed by atoms with van der Waals surface area (Å²) in [5, 5.41) is 0. The Hall–Kier alpha value is -3.86. The average Bonchev–Trinajstić information content (AvgIpc) is 3.09. The van der Waals surface area contributed by atoms with Crippen LogP contribution in [0.15, 0.2) is 49.6 Å². The molecule has 1 fully saturated rings. The fourth-order valence-corrected chi connectivity index (χ4v) is 5.67. The van der Waals surface area contributed by atoms with Gasteiger partial charge >= 0.3 is 0 Å². The Kier molecular flexibility index (Phi) is 16.3. The van der Waals surface area contributed by atoms with E-state index in [-0.39, 0.29) is 31.3 Å². The van der Waals surface area contributed by atoms with E-state index in [1.165, 1.54) is 19.3 Å². The molecule has 10 nitrogen and oxygen atoms in total. The number of hydrogen-bond acceptors (Lipinski definition) is 9. The van der Waals surface area contributed by atoms with Crippen LogP contribution >= 0.6 is 0 Å². The highest BCUT2D eigenvalue weighted by molar-refractivity contribution is 6.13. The molecular weight excluding hydrogens is 600 g/mol. The van der Waals surface area contributed by atoms with Crippen molar-refractivity contribution in [2.24, 2.45) is 0 Å². The summed E-state index contributed by atoms with van der Waals surface area (Å²) >= 11 is 0. The first-order valence-corrected chi connectivity index (χ1v) is 16.4. The molecule has 1 aliphatic rings. The Labute approximate surface area is 280 Å². The third kappa shape index (κ3) is 10.8. The Morgan fingerprint density at radius 2 is 1.47 bits per heavy atom. The minimum atomic E-state index is -0.310. The predicted octanol–water partition coefficient (Wildman–Crippen LogP) is 5.15. The van der Waals surface area contributed by atoms with Crippen LogP contribution < -0.4 is 18.9 Å². The summed E-state index contributed by atoms with van der Waals surface area (Å²) in [4.78, 5) is 32.5. The molecule has 0 aliphatic carbocycles. The maximum absolute atomic E-state index is 14.5. The Morgan fingerprint density at radius 1 is 0.809 bits per heavy atom. The SMILES string of the molecule is C=CCOc1cc(OCC=C)c(C(=O)c2ccc(OCCN3CCCCC3)c(OC)c2)c(CC(=O)N(CCOC)CCOC)c1CC. The van der Waals surface area contributed by atoms with E-state index in [0.717, 1.165) is 25.2 Å². The van der Waals surface area contributed by atoms with Gasteiger partial charge in [-0.3, -0.25) is 14.5 Å². The lowest BCUT2D eigenvalue weighted by molar-refractivity contribution is -0.131. The molecule has 1 aliphatic heterocycles. The zero-order valence-electron chi connectivity index (χ0n) is 28.6. The maximum Gasteiger partial charge on any atom is 0.227 e. The van der Waals surface area contributed by atoms with Crippen molar-refractivity contribution in [1.82, 2.24) is 9.80 Å². The molecule has 0 atom stereocenters. The van der Waals surface area contributed by atoms with E-state index in [0.29, 0.717) is 79.0 Å². The van der Waals surface area contributed by atoms with Crippen LogP contribution in [0.1, 0.15) is 53.2 Å². The van der Waals surface area contributed by atoms with Gasteiger partial charge in [-0.15, -0.1) is 0 Å². The second kappa shape index (κ2) is 20.4. The van der Waals surface area contributed by atoms with Gasteiger partial charge in [0.25, 0.3) is 0 Å². The first kappa shape index (κ1) is 37.6. The first-order valence-electron chi connectivity index (χ1n) is 16.4. The molecule has 0 aromatic heterocycles. The van der Waals surface area contributed by atoms with Gasteiger partial charge in [0.15, 0.2) is 17.3 Å². The third-order valence-corrected chi connectivity index (χ3v) is 8.12. The fraction of sp³-hybridized carbons (Fsp3) is 0.514. The molecule has 0 unspecified atom stereocenters. The van der Waals surface area contributed by atoms with Crippen molar-refractivity contribution in [3.05, 3.63) is 71.8 Å². The van der Waals surface area contributed by atoms with E-state index in [1.54, 1.807) is 62.6 Å². The van der Waals surface area contributed by atoms with Gasteiger partial charge in [-0.1, -0.05) is 38.7 Å².